The molecule has 0 unspecified atom stereocenters. The molecule has 0 fully saturated rings. The number of nitrogens with one attached hydrogen (secondary N) is 1. The molecule has 10 heavy (non-hydrogen) atoms. The summed E-state index contributed by atoms with van der Waals surface area (Å²) in [6, 6.07) is 0. The van der Waals surface area contributed by atoms with Crippen LogP contribution in [-0.2, 0) is 9.53 Å². The van der Waals surface area contributed by atoms with Crippen LogP contribution in [-0.4, -0.2) is 19.6 Å². The van der Waals surface area contributed by atoms with E-state index in [0.29, 0.717) is 5.70 Å². The van der Waals surface area contributed by atoms with Crippen molar-refractivity contribution in [2.24, 2.45) is 0 Å². The zero-order valence-corrected chi connectivity index (χ0v) is 6.53. The molecular formula is C6H10ClNO2. The van der Waals surface area contributed by atoms with Gasteiger partial charge in [-0.3, -0.25) is 0 Å². The van der Waals surface area contributed by atoms with Crippen molar-refractivity contribution in [3.8, 4) is 0 Å². The van der Waals surface area contributed by atoms with Crippen LogP contribution in [0.2, 0.25) is 0 Å². The minimum Gasteiger partial charge on any atom is -0.464 e. The summed E-state index contributed by atoms with van der Waals surface area (Å²) in [6.07, 6.45) is 2.76. The topological polar surface area (TPSA) is 38.3 Å². The summed E-state index contributed by atoms with van der Waals surface area (Å²) in [5.74, 6) is -0.271. The molecule has 0 aromatic carbocycles. The maximum atomic E-state index is 10.7. The van der Waals surface area contributed by atoms with Crippen LogP contribution in [0.1, 0.15) is 6.42 Å². The zero-order chi connectivity index (χ0) is 6.69. The third kappa shape index (κ3) is 1.92. The van der Waals surface area contributed by atoms with Crippen LogP contribution in [0.4, 0.5) is 0 Å². The molecule has 1 aliphatic rings. The highest BCUT2D eigenvalue weighted by Crippen LogP contribution is 2.01. The van der Waals surface area contributed by atoms with Gasteiger partial charge in [0.2, 0.25) is 0 Å². The van der Waals surface area contributed by atoms with Gasteiger partial charge in [-0.25, -0.2) is 4.79 Å². The summed E-state index contributed by atoms with van der Waals surface area (Å²) in [6.45, 7) is 0.852. The van der Waals surface area contributed by atoms with Gasteiger partial charge in [0.15, 0.2) is 0 Å². The van der Waals surface area contributed by atoms with Crippen molar-refractivity contribution in [3.05, 3.63) is 11.8 Å². The van der Waals surface area contributed by atoms with Gasteiger partial charge in [-0.15, -0.1) is 12.4 Å². The Morgan fingerprint density at radius 2 is 2.50 bits per heavy atom. The van der Waals surface area contributed by atoms with Crippen molar-refractivity contribution in [1.82, 2.24) is 5.32 Å². The molecule has 0 spiro atoms. The van der Waals surface area contributed by atoms with E-state index in [4.69, 9.17) is 0 Å². The fourth-order valence-electron chi connectivity index (χ4n) is 0.761. The van der Waals surface area contributed by atoms with Gasteiger partial charge >= 0.3 is 5.97 Å². The Morgan fingerprint density at radius 3 is 2.90 bits per heavy atom. The summed E-state index contributed by atoms with van der Waals surface area (Å²) in [4.78, 5) is 10.7. The molecule has 1 aliphatic heterocycles. The van der Waals surface area contributed by atoms with Crippen molar-refractivity contribution in [2.45, 2.75) is 6.42 Å². The van der Waals surface area contributed by atoms with E-state index in [1.807, 2.05) is 6.08 Å². The summed E-state index contributed by atoms with van der Waals surface area (Å²) in [5.41, 5.74) is 0.595. The molecule has 3 nitrogen and oxygen atoms in total. The third-order valence-corrected chi connectivity index (χ3v) is 1.21. The molecule has 4 heteroatoms. The average molecular weight is 164 g/mol. The second-order valence-electron chi connectivity index (χ2n) is 1.82. The Bertz CT molecular complexity index is 156. The summed E-state index contributed by atoms with van der Waals surface area (Å²) >= 11 is 0. The Morgan fingerprint density at radius 1 is 1.80 bits per heavy atom. The number of hydrogen-bond acceptors (Lipinski definition) is 3. The lowest BCUT2D eigenvalue weighted by atomic mass is 10.4. The Hall–Kier alpha value is -0.700. The number of esters is 1. The molecule has 0 aromatic rings. The van der Waals surface area contributed by atoms with Gasteiger partial charge < -0.3 is 10.1 Å². The predicted molar refractivity (Wildman–Crippen MR) is 40.0 cm³/mol. The monoisotopic (exact) mass is 163 g/mol. The number of ether oxygens (including phenoxy) is 1. The van der Waals surface area contributed by atoms with Crippen LogP contribution in [0.3, 0.4) is 0 Å². The van der Waals surface area contributed by atoms with Crippen molar-refractivity contribution in [2.75, 3.05) is 13.7 Å². The number of rotatable bonds is 1. The Labute approximate surface area is 65.8 Å². The van der Waals surface area contributed by atoms with Crippen molar-refractivity contribution in [1.29, 1.82) is 0 Å². The van der Waals surface area contributed by atoms with Crippen LogP contribution < -0.4 is 5.32 Å². The molecular weight excluding hydrogens is 154 g/mol. The van der Waals surface area contributed by atoms with Crippen LogP contribution in [0.25, 0.3) is 0 Å². The second kappa shape index (κ2) is 4.17. The second-order valence-corrected chi connectivity index (χ2v) is 1.82. The number of halogens is 1. The zero-order valence-electron chi connectivity index (χ0n) is 5.72. The minimum absolute atomic E-state index is 0. The maximum Gasteiger partial charge on any atom is 0.353 e. The standard InChI is InChI=1S/C6H9NO2.ClH/c1-9-6(8)5-3-2-4-7-5;/h3,7H,2,4H2,1H3;1H. The van der Waals surface area contributed by atoms with Crippen LogP contribution in [0, 0.1) is 0 Å². The van der Waals surface area contributed by atoms with Gasteiger partial charge in [0.25, 0.3) is 0 Å². The van der Waals surface area contributed by atoms with E-state index in [1.165, 1.54) is 7.11 Å². The molecule has 1 rings (SSSR count). The first-order chi connectivity index (χ1) is 4.34. The maximum absolute atomic E-state index is 10.7. The number of carbonyl (C=O) groups excluding carboxylic acids is 1. The Kier molecular flexibility index (Phi) is 3.88. The molecule has 1 N–H and O–H groups in total. The lowest BCUT2D eigenvalue weighted by Gasteiger charge is -1.98. The van der Waals surface area contributed by atoms with Crippen LogP contribution in [0.15, 0.2) is 11.8 Å². The van der Waals surface area contributed by atoms with E-state index in [9.17, 15) is 4.79 Å². The molecule has 0 saturated carbocycles. The fraction of sp³-hybridized carbons (Fsp3) is 0.500. The SMILES string of the molecule is COC(=O)C1=CCCN1.Cl. The highest BCUT2D eigenvalue weighted by atomic mass is 35.5. The molecule has 0 atom stereocenters. The number of hydrogen-bond donors (Lipinski definition) is 1. The van der Waals surface area contributed by atoms with Gasteiger partial charge in [-0.2, -0.15) is 0 Å². The van der Waals surface area contributed by atoms with Crippen LogP contribution in [0.5, 0.6) is 0 Å². The number of carbonyl (C=O) groups is 1. The molecule has 0 aromatic heterocycles. The lowest BCUT2D eigenvalue weighted by Crippen LogP contribution is -2.16. The first-order valence-electron chi connectivity index (χ1n) is 2.87. The summed E-state index contributed by atoms with van der Waals surface area (Å²) in [7, 11) is 1.38. The molecule has 0 amide bonds. The summed E-state index contributed by atoms with van der Waals surface area (Å²) in [5, 5.41) is 2.89. The van der Waals surface area contributed by atoms with Gasteiger partial charge in [-0.05, 0) is 6.42 Å². The van der Waals surface area contributed by atoms with E-state index in [-0.39, 0.29) is 18.4 Å². The predicted octanol–water partition coefficient (Wildman–Crippen LogP) is 0.458. The molecule has 0 radical (unpaired) electrons. The minimum atomic E-state index is -0.271. The number of methoxy groups -OCH3 is 1. The Balaban J connectivity index is 0.000000810. The molecule has 0 saturated heterocycles. The third-order valence-electron chi connectivity index (χ3n) is 1.21. The highest BCUT2D eigenvalue weighted by Gasteiger charge is 2.11. The molecule has 58 valence electrons. The highest BCUT2D eigenvalue weighted by molar-refractivity contribution is 5.88. The van der Waals surface area contributed by atoms with E-state index in [0.717, 1.165) is 13.0 Å². The van der Waals surface area contributed by atoms with Crippen molar-refractivity contribution < 1.29 is 9.53 Å². The molecule has 1 heterocycles. The molecule has 0 aliphatic carbocycles. The quantitative estimate of drug-likeness (QED) is 0.571. The molecule has 0 bridgehead atoms. The lowest BCUT2D eigenvalue weighted by molar-refractivity contribution is -0.136. The van der Waals surface area contributed by atoms with E-state index in [1.54, 1.807) is 0 Å². The van der Waals surface area contributed by atoms with Crippen LogP contribution >= 0.6 is 12.4 Å². The van der Waals surface area contributed by atoms with E-state index >= 15 is 0 Å². The first kappa shape index (κ1) is 9.30. The fourth-order valence-corrected chi connectivity index (χ4v) is 0.761. The summed E-state index contributed by atoms with van der Waals surface area (Å²) < 4.78 is 4.46. The first-order valence-corrected chi connectivity index (χ1v) is 2.87. The van der Waals surface area contributed by atoms with Crippen molar-refractivity contribution >= 4 is 18.4 Å². The van der Waals surface area contributed by atoms with Gasteiger partial charge in [-0.1, -0.05) is 6.08 Å². The van der Waals surface area contributed by atoms with Gasteiger partial charge in [0.05, 0.1) is 7.11 Å². The normalized spacial score (nSPS) is 14.7. The average Bonchev–Trinajstić information content (AvgIpc) is 2.37. The van der Waals surface area contributed by atoms with E-state index in [2.05, 4.69) is 10.1 Å². The van der Waals surface area contributed by atoms with Crippen molar-refractivity contribution in [3.63, 3.8) is 0 Å². The smallest absolute Gasteiger partial charge is 0.353 e. The van der Waals surface area contributed by atoms with Gasteiger partial charge in [0.1, 0.15) is 5.70 Å². The van der Waals surface area contributed by atoms with Gasteiger partial charge in [0, 0.05) is 6.54 Å². The van der Waals surface area contributed by atoms with E-state index < -0.39 is 0 Å². The largest absolute Gasteiger partial charge is 0.464 e.